The molecular weight excluding hydrogens is 266 g/mol. The molecule has 0 saturated heterocycles. The number of nitrogens with zero attached hydrogens (tertiary/aromatic N) is 1. The highest BCUT2D eigenvalue weighted by atomic mass is 16.5. The van der Waals surface area contributed by atoms with Gasteiger partial charge in [-0.15, -0.1) is 0 Å². The van der Waals surface area contributed by atoms with Gasteiger partial charge in [0.15, 0.2) is 0 Å². The van der Waals surface area contributed by atoms with Gasteiger partial charge in [-0.2, -0.15) is 0 Å². The second-order valence-electron chi connectivity index (χ2n) is 5.67. The molecular formula is C17H23NO3. The molecule has 21 heavy (non-hydrogen) atoms. The number of amides is 1. The number of hydrogen-bond acceptors (Lipinski definition) is 3. The van der Waals surface area contributed by atoms with Crippen LogP contribution < -0.4 is 0 Å². The first-order chi connectivity index (χ1) is 10.0. The molecule has 0 N–H and O–H groups in total. The molecule has 0 radical (unpaired) electrons. The van der Waals surface area contributed by atoms with Crippen LogP contribution in [0.1, 0.15) is 48.7 Å². The Balaban J connectivity index is 2.16. The summed E-state index contributed by atoms with van der Waals surface area (Å²) in [5.41, 5.74) is 3.27. The highest BCUT2D eigenvalue weighted by molar-refractivity contribution is 5.96. The molecule has 0 fully saturated rings. The van der Waals surface area contributed by atoms with Crippen molar-refractivity contribution in [2.75, 3.05) is 13.2 Å². The van der Waals surface area contributed by atoms with Crippen molar-refractivity contribution in [1.29, 1.82) is 0 Å². The second-order valence-corrected chi connectivity index (χ2v) is 5.67. The highest BCUT2D eigenvalue weighted by Crippen LogP contribution is 2.23. The van der Waals surface area contributed by atoms with Crippen molar-refractivity contribution in [3.8, 4) is 0 Å². The van der Waals surface area contributed by atoms with Crippen LogP contribution >= 0.6 is 0 Å². The van der Waals surface area contributed by atoms with Crippen molar-refractivity contribution >= 4 is 11.9 Å². The van der Waals surface area contributed by atoms with Gasteiger partial charge in [0, 0.05) is 11.6 Å². The minimum absolute atomic E-state index is 0.00141. The van der Waals surface area contributed by atoms with Crippen molar-refractivity contribution in [1.82, 2.24) is 4.90 Å². The van der Waals surface area contributed by atoms with Crippen LogP contribution in [0.25, 0.3) is 0 Å². The van der Waals surface area contributed by atoms with Gasteiger partial charge in [-0.1, -0.05) is 6.07 Å². The molecule has 1 aliphatic carbocycles. The summed E-state index contributed by atoms with van der Waals surface area (Å²) in [5.74, 6) is -0.464. The SMILES string of the molecule is CCOC(=O)CN(C(=O)c1ccc2c(c1)CCC2)C(C)C. The molecule has 4 nitrogen and oxygen atoms in total. The minimum atomic E-state index is -0.360. The molecule has 114 valence electrons. The van der Waals surface area contributed by atoms with Crippen LogP contribution in [0.4, 0.5) is 0 Å². The van der Waals surface area contributed by atoms with Crippen LogP contribution in [0.2, 0.25) is 0 Å². The number of esters is 1. The first-order valence-electron chi connectivity index (χ1n) is 7.61. The van der Waals surface area contributed by atoms with E-state index in [2.05, 4.69) is 0 Å². The largest absolute Gasteiger partial charge is 0.465 e. The second kappa shape index (κ2) is 6.74. The van der Waals surface area contributed by atoms with E-state index in [-0.39, 0.29) is 24.5 Å². The number of hydrogen-bond donors (Lipinski definition) is 0. The van der Waals surface area contributed by atoms with E-state index in [9.17, 15) is 9.59 Å². The van der Waals surface area contributed by atoms with E-state index >= 15 is 0 Å². The molecule has 0 atom stereocenters. The van der Waals surface area contributed by atoms with Crippen molar-refractivity contribution < 1.29 is 14.3 Å². The number of carbonyl (C=O) groups is 2. The standard InChI is InChI=1S/C17H23NO3/c1-4-21-16(19)11-18(12(2)3)17(20)15-9-8-13-6-5-7-14(13)10-15/h8-10,12H,4-7,11H2,1-3H3. The van der Waals surface area contributed by atoms with E-state index in [1.54, 1.807) is 11.8 Å². The summed E-state index contributed by atoms with van der Waals surface area (Å²) in [4.78, 5) is 25.9. The predicted molar refractivity (Wildman–Crippen MR) is 81.3 cm³/mol. The summed E-state index contributed by atoms with van der Waals surface area (Å²) >= 11 is 0. The maximum absolute atomic E-state index is 12.6. The van der Waals surface area contributed by atoms with Crippen LogP contribution in [0, 0.1) is 0 Å². The fourth-order valence-electron chi connectivity index (χ4n) is 2.71. The maximum atomic E-state index is 12.6. The zero-order valence-corrected chi connectivity index (χ0v) is 13.0. The Morgan fingerprint density at radius 3 is 2.62 bits per heavy atom. The van der Waals surface area contributed by atoms with Gasteiger partial charge in [-0.25, -0.2) is 0 Å². The summed E-state index contributed by atoms with van der Waals surface area (Å²) in [7, 11) is 0. The van der Waals surface area contributed by atoms with Gasteiger partial charge in [0.2, 0.25) is 0 Å². The van der Waals surface area contributed by atoms with Crippen molar-refractivity contribution in [2.45, 2.75) is 46.1 Å². The van der Waals surface area contributed by atoms with Gasteiger partial charge in [0.25, 0.3) is 5.91 Å². The Kier molecular flexibility index (Phi) is 4.99. The lowest BCUT2D eigenvalue weighted by molar-refractivity contribution is -0.144. The molecule has 1 amide bonds. The molecule has 2 rings (SSSR count). The normalized spacial score (nSPS) is 13.1. The molecule has 0 bridgehead atoms. The van der Waals surface area contributed by atoms with E-state index in [0.29, 0.717) is 12.2 Å². The Morgan fingerprint density at radius 1 is 1.24 bits per heavy atom. The van der Waals surface area contributed by atoms with Crippen molar-refractivity contribution in [3.05, 3.63) is 34.9 Å². The third-order valence-electron chi connectivity index (χ3n) is 3.83. The van der Waals surface area contributed by atoms with E-state index < -0.39 is 0 Å². The van der Waals surface area contributed by atoms with Gasteiger partial charge in [0.1, 0.15) is 6.54 Å². The number of rotatable bonds is 5. The van der Waals surface area contributed by atoms with Crippen LogP contribution in [0.15, 0.2) is 18.2 Å². The first-order valence-corrected chi connectivity index (χ1v) is 7.61. The monoisotopic (exact) mass is 289 g/mol. The van der Waals surface area contributed by atoms with Gasteiger partial charge in [-0.3, -0.25) is 9.59 Å². The summed E-state index contributed by atoms with van der Waals surface area (Å²) in [6.07, 6.45) is 3.29. The van der Waals surface area contributed by atoms with Crippen LogP contribution in [0.5, 0.6) is 0 Å². The molecule has 1 aliphatic rings. The molecule has 4 heteroatoms. The topological polar surface area (TPSA) is 46.6 Å². The van der Waals surface area contributed by atoms with E-state index in [0.717, 1.165) is 19.3 Å². The van der Waals surface area contributed by atoms with Crippen LogP contribution in [-0.2, 0) is 22.4 Å². The molecule has 0 aromatic heterocycles. The van der Waals surface area contributed by atoms with Gasteiger partial charge in [-0.05, 0) is 63.3 Å². The Morgan fingerprint density at radius 2 is 1.95 bits per heavy atom. The third-order valence-corrected chi connectivity index (χ3v) is 3.83. The quantitative estimate of drug-likeness (QED) is 0.783. The van der Waals surface area contributed by atoms with Gasteiger partial charge < -0.3 is 9.64 Å². The van der Waals surface area contributed by atoms with Crippen molar-refractivity contribution in [2.24, 2.45) is 0 Å². The first kappa shape index (κ1) is 15.5. The maximum Gasteiger partial charge on any atom is 0.325 e. The zero-order chi connectivity index (χ0) is 15.4. The number of carbonyl (C=O) groups excluding carboxylic acids is 2. The predicted octanol–water partition coefficient (Wildman–Crippen LogP) is 2.59. The summed E-state index contributed by atoms with van der Waals surface area (Å²) in [6, 6.07) is 5.84. The number of fused-ring (bicyclic) bond motifs is 1. The minimum Gasteiger partial charge on any atom is -0.465 e. The zero-order valence-electron chi connectivity index (χ0n) is 13.0. The molecule has 0 heterocycles. The molecule has 1 aromatic rings. The summed E-state index contributed by atoms with van der Waals surface area (Å²) in [6.45, 7) is 5.91. The van der Waals surface area contributed by atoms with Crippen LogP contribution in [0.3, 0.4) is 0 Å². The van der Waals surface area contributed by atoms with E-state index in [1.165, 1.54) is 11.1 Å². The number of ether oxygens (including phenoxy) is 1. The number of aryl methyl sites for hydroxylation is 2. The van der Waals surface area contributed by atoms with E-state index in [4.69, 9.17) is 4.74 Å². The molecule has 0 saturated carbocycles. The van der Waals surface area contributed by atoms with E-state index in [1.807, 2.05) is 32.0 Å². The molecule has 1 aromatic carbocycles. The number of benzene rings is 1. The van der Waals surface area contributed by atoms with Gasteiger partial charge in [0.05, 0.1) is 6.61 Å². The average molecular weight is 289 g/mol. The molecule has 0 unspecified atom stereocenters. The molecule has 0 aliphatic heterocycles. The lowest BCUT2D eigenvalue weighted by Gasteiger charge is -2.26. The summed E-state index contributed by atoms with van der Waals surface area (Å²) in [5, 5.41) is 0. The lowest BCUT2D eigenvalue weighted by Crippen LogP contribution is -2.41. The van der Waals surface area contributed by atoms with Crippen LogP contribution in [-0.4, -0.2) is 36.0 Å². The fourth-order valence-corrected chi connectivity index (χ4v) is 2.71. The third kappa shape index (κ3) is 3.63. The average Bonchev–Trinajstić information content (AvgIpc) is 2.91. The Labute approximate surface area is 126 Å². The van der Waals surface area contributed by atoms with Gasteiger partial charge >= 0.3 is 5.97 Å². The fraction of sp³-hybridized carbons (Fsp3) is 0.529. The highest BCUT2D eigenvalue weighted by Gasteiger charge is 2.23. The summed E-state index contributed by atoms with van der Waals surface area (Å²) < 4.78 is 4.95. The Bertz CT molecular complexity index is 537. The van der Waals surface area contributed by atoms with Crippen molar-refractivity contribution in [3.63, 3.8) is 0 Å². The smallest absolute Gasteiger partial charge is 0.325 e. The Hall–Kier alpha value is -1.84. The lowest BCUT2D eigenvalue weighted by atomic mass is 10.1. The molecule has 0 spiro atoms.